The van der Waals surface area contributed by atoms with E-state index in [1.807, 2.05) is 18.7 Å². The normalized spacial score (nSPS) is 10.5. The molecule has 0 aliphatic rings. The minimum atomic E-state index is -0.408. The SMILES string of the molecule is CCNc1ccc([N+](=O)[O-])cc1CN(CC)CC(=O)NC. The molecule has 0 aromatic heterocycles. The van der Waals surface area contributed by atoms with Gasteiger partial charge in [0, 0.05) is 38.0 Å². The number of hydrogen-bond donors (Lipinski definition) is 2. The Balaban J connectivity index is 2.98. The maximum absolute atomic E-state index is 11.5. The second kappa shape index (κ2) is 8.21. The third-order valence-corrected chi connectivity index (χ3v) is 3.15. The van der Waals surface area contributed by atoms with Gasteiger partial charge in [0.2, 0.25) is 5.91 Å². The summed E-state index contributed by atoms with van der Waals surface area (Å²) in [5, 5.41) is 16.7. The number of nitrogens with zero attached hydrogens (tertiary/aromatic N) is 2. The van der Waals surface area contributed by atoms with E-state index >= 15 is 0 Å². The molecular formula is C14H22N4O3. The molecule has 7 nitrogen and oxygen atoms in total. The predicted molar refractivity (Wildman–Crippen MR) is 82.3 cm³/mol. The van der Waals surface area contributed by atoms with Crippen LogP contribution < -0.4 is 10.6 Å². The van der Waals surface area contributed by atoms with Gasteiger partial charge in [-0.25, -0.2) is 0 Å². The van der Waals surface area contributed by atoms with Crippen molar-refractivity contribution in [2.45, 2.75) is 20.4 Å². The third-order valence-electron chi connectivity index (χ3n) is 3.15. The van der Waals surface area contributed by atoms with Crippen molar-refractivity contribution in [2.24, 2.45) is 0 Å². The van der Waals surface area contributed by atoms with Gasteiger partial charge >= 0.3 is 0 Å². The van der Waals surface area contributed by atoms with Gasteiger partial charge in [-0.3, -0.25) is 19.8 Å². The number of non-ortho nitro benzene ring substituents is 1. The van der Waals surface area contributed by atoms with Crippen LogP contribution in [0.2, 0.25) is 0 Å². The van der Waals surface area contributed by atoms with Gasteiger partial charge in [0.25, 0.3) is 5.69 Å². The number of nitro groups is 1. The summed E-state index contributed by atoms with van der Waals surface area (Å²) in [6, 6.07) is 4.76. The number of nitro benzene ring substituents is 1. The maximum Gasteiger partial charge on any atom is 0.269 e. The lowest BCUT2D eigenvalue weighted by atomic mass is 10.1. The van der Waals surface area contributed by atoms with Crippen LogP contribution >= 0.6 is 0 Å². The Kier molecular flexibility index (Phi) is 6.61. The number of carbonyl (C=O) groups excluding carboxylic acids is 1. The zero-order valence-electron chi connectivity index (χ0n) is 12.7. The molecule has 1 aromatic rings. The van der Waals surface area contributed by atoms with Crippen LogP contribution in [0.4, 0.5) is 11.4 Å². The van der Waals surface area contributed by atoms with E-state index in [0.717, 1.165) is 17.8 Å². The molecule has 0 spiro atoms. The van der Waals surface area contributed by atoms with Gasteiger partial charge in [0.05, 0.1) is 11.5 Å². The summed E-state index contributed by atoms with van der Waals surface area (Å²) in [6.45, 7) is 6.07. The molecule has 2 N–H and O–H groups in total. The van der Waals surface area contributed by atoms with Gasteiger partial charge in [-0.1, -0.05) is 6.92 Å². The number of nitrogens with one attached hydrogen (secondary N) is 2. The van der Waals surface area contributed by atoms with E-state index in [1.54, 1.807) is 19.2 Å². The summed E-state index contributed by atoms with van der Waals surface area (Å²) < 4.78 is 0. The smallest absolute Gasteiger partial charge is 0.269 e. The van der Waals surface area contributed by atoms with E-state index in [9.17, 15) is 14.9 Å². The molecule has 0 heterocycles. The molecule has 0 bridgehead atoms. The van der Waals surface area contributed by atoms with Gasteiger partial charge < -0.3 is 10.6 Å². The van der Waals surface area contributed by atoms with E-state index < -0.39 is 4.92 Å². The number of hydrogen-bond acceptors (Lipinski definition) is 5. The number of carbonyl (C=O) groups is 1. The van der Waals surface area contributed by atoms with Crippen LogP contribution in [0.25, 0.3) is 0 Å². The molecule has 0 atom stereocenters. The van der Waals surface area contributed by atoms with Crippen LogP contribution in [0.15, 0.2) is 18.2 Å². The molecule has 0 aliphatic carbocycles. The van der Waals surface area contributed by atoms with E-state index in [4.69, 9.17) is 0 Å². The highest BCUT2D eigenvalue weighted by Crippen LogP contribution is 2.23. The Morgan fingerprint density at radius 1 is 1.38 bits per heavy atom. The average Bonchev–Trinajstić information content (AvgIpc) is 2.47. The second-order valence-electron chi connectivity index (χ2n) is 4.61. The first-order valence-electron chi connectivity index (χ1n) is 6.95. The Morgan fingerprint density at radius 2 is 2.10 bits per heavy atom. The van der Waals surface area contributed by atoms with Gasteiger partial charge in [-0.05, 0) is 25.1 Å². The standard InChI is InChI=1S/C14H22N4O3/c1-4-16-13-7-6-12(18(20)21)8-11(13)9-17(5-2)10-14(19)15-3/h6-8,16H,4-5,9-10H2,1-3H3,(H,15,19). The largest absolute Gasteiger partial charge is 0.385 e. The minimum Gasteiger partial charge on any atom is -0.385 e. The van der Waals surface area contributed by atoms with Crippen molar-refractivity contribution in [3.05, 3.63) is 33.9 Å². The number of likely N-dealkylation sites (N-methyl/N-ethyl adjacent to an activating group) is 2. The van der Waals surface area contributed by atoms with Crippen LogP contribution in [0.1, 0.15) is 19.4 Å². The lowest BCUT2D eigenvalue weighted by Crippen LogP contribution is -2.35. The molecule has 7 heteroatoms. The van der Waals surface area contributed by atoms with Crippen molar-refractivity contribution in [1.29, 1.82) is 0 Å². The van der Waals surface area contributed by atoms with Crippen molar-refractivity contribution >= 4 is 17.3 Å². The fraction of sp³-hybridized carbons (Fsp3) is 0.500. The Morgan fingerprint density at radius 3 is 2.62 bits per heavy atom. The summed E-state index contributed by atoms with van der Waals surface area (Å²) in [4.78, 5) is 23.9. The van der Waals surface area contributed by atoms with Crippen LogP contribution in [-0.4, -0.2) is 42.4 Å². The Labute approximate surface area is 124 Å². The predicted octanol–water partition coefficient (Wildman–Crippen LogP) is 1.59. The van der Waals surface area contributed by atoms with Gasteiger partial charge in [-0.15, -0.1) is 0 Å². The van der Waals surface area contributed by atoms with Crippen molar-refractivity contribution < 1.29 is 9.72 Å². The molecule has 0 aliphatic heterocycles. The summed E-state index contributed by atoms with van der Waals surface area (Å²) >= 11 is 0. The van der Waals surface area contributed by atoms with Crippen LogP contribution in [0, 0.1) is 10.1 Å². The van der Waals surface area contributed by atoms with Crippen LogP contribution in [0.5, 0.6) is 0 Å². The first-order chi connectivity index (χ1) is 10.0. The van der Waals surface area contributed by atoms with Crippen molar-refractivity contribution in [1.82, 2.24) is 10.2 Å². The highest BCUT2D eigenvalue weighted by atomic mass is 16.6. The number of benzene rings is 1. The fourth-order valence-electron chi connectivity index (χ4n) is 1.99. The van der Waals surface area contributed by atoms with Crippen molar-refractivity contribution in [3.63, 3.8) is 0 Å². The topological polar surface area (TPSA) is 87.5 Å². The molecule has 0 radical (unpaired) electrons. The zero-order chi connectivity index (χ0) is 15.8. The van der Waals surface area contributed by atoms with Gasteiger partial charge in [-0.2, -0.15) is 0 Å². The molecule has 1 rings (SSSR count). The first-order valence-corrected chi connectivity index (χ1v) is 6.95. The first kappa shape index (κ1) is 16.9. The lowest BCUT2D eigenvalue weighted by molar-refractivity contribution is -0.384. The monoisotopic (exact) mass is 294 g/mol. The van der Waals surface area contributed by atoms with E-state index in [1.165, 1.54) is 6.07 Å². The highest BCUT2D eigenvalue weighted by molar-refractivity contribution is 5.77. The molecule has 0 unspecified atom stereocenters. The fourth-order valence-corrected chi connectivity index (χ4v) is 1.99. The lowest BCUT2D eigenvalue weighted by Gasteiger charge is -2.21. The van der Waals surface area contributed by atoms with Crippen LogP contribution in [0.3, 0.4) is 0 Å². The van der Waals surface area contributed by atoms with Gasteiger partial charge in [0.1, 0.15) is 0 Å². The van der Waals surface area contributed by atoms with E-state index in [0.29, 0.717) is 13.1 Å². The average molecular weight is 294 g/mol. The summed E-state index contributed by atoms with van der Waals surface area (Å²) in [6.07, 6.45) is 0. The summed E-state index contributed by atoms with van der Waals surface area (Å²) in [5.41, 5.74) is 1.73. The number of amides is 1. The Bertz CT molecular complexity index is 505. The quantitative estimate of drug-likeness (QED) is 0.561. The molecule has 1 amide bonds. The second-order valence-corrected chi connectivity index (χ2v) is 4.61. The highest BCUT2D eigenvalue weighted by Gasteiger charge is 2.14. The Hall–Kier alpha value is -2.15. The van der Waals surface area contributed by atoms with E-state index in [-0.39, 0.29) is 18.1 Å². The zero-order valence-corrected chi connectivity index (χ0v) is 12.7. The summed E-state index contributed by atoms with van der Waals surface area (Å²) in [7, 11) is 1.59. The van der Waals surface area contributed by atoms with E-state index in [2.05, 4.69) is 10.6 Å². The molecule has 116 valence electrons. The minimum absolute atomic E-state index is 0.0580. The number of anilines is 1. The van der Waals surface area contributed by atoms with Crippen molar-refractivity contribution in [3.8, 4) is 0 Å². The molecule has 21 heavy (non-hydrogen) atoms. The van der Waals surface area contributed by atoms with Crippen molar-refractivity contribution in [2.75, 3.05) is 32.0 Å². The summed E-state index contributed by atoms with van der Waals surface area (Å²) in [5.74, 6) is -0.0766. The maximum atomic E-state index is 11.5. The molecule has 1 aromatic carbocycles. The molecule has 0 fully saturated rings. The van der Waals surface area contributed by atoms with Gasteiger partial charge in [0.15, 0.2) is 0 Å². The number of rotatable bonds is 8. The molecule has 0 saturated heterocycles. The third kappa shape index (κ3) is 5.03. The van der Waals surface area contributed by atoms with Crippen LogP contribution in [-0.2, 0) is 11.3 Å². The molecule has 0 saturated carbocycles. The molecular weight excluding hydrogens is 272 g/mol.